The molecule has 1 fully saturated rings. The lowest BCUT2D eigenvalue weighted by Crippen LogP contribution is -2.29. The van der Waals surface area contributed by atoms with Gasteiger partial charge in [-0.05, 0) is 25.0 Å². The standard InChI is InChI=1S/C16H24N2O3S2/c1-18(14-6-3-2-4-7-14)10-5-9-17-16(19)12-22-15-8-11-23(20,21)13-15/h2-4,6-7,15H,5,8-13H2,1H3,(H,17,19). The molecule has 1 unspecified atom stereocenters. The molecule has 23 heavy (non-hydrogen) atoms. The zero-order valence-electron chi connectivity index (χ0n) is 13.4. The largest absolute Gasteiger partial charge is 0.375 e. The van der Waals surface area contributed by atoms with Gasteiger partial charge in [0.05, 0.1) is 17.3 Å². The quantitative estimate of drug-likeness (QED) is 0.716. The third-order valence-electron chi connectivity index (χ3n) is 3.83. The minimum absolute atomic E-state index is 0.0123. The molecule has 1 atom stereocenters. The lowest BCUT2D eigenvalue weighted by atomic mass is 10.3. The first-order valence-electron chi connectivity index (χ1n) is 7.81. The van der Waals surface area contributed by atoms with Gasteiger partial charge in [-0.15, -0.1) is 11.8 Å². The van der Waals surface area contributed by atoms with Crippen LogP contribution in [0.25, 0.3) is 0 Å². The highest BCUT2D eigenvalue weighted by Crippen LogP contribution is 2.23. The van der Waals surface area contributed by atoms with E-state index in [2.05, 4.69) is 22.3 Å². The van der Waals surface area contributed by atoms with E-state index >= 15 is 0 Å². The Bertz CT molecular complexity index is 605. The highest BCUT2D eigenvalue weighted by molar-refractivity contribution is 8.02. The maximum Gasteiger partial charge on any atom is 0.230 e. The maximum absolute atomic E-state index is 11.8. The van der Waals surface area contributed by atoms with Gasteiger partial charge in [-0.3, -0.25) is 4.79 Å². The summed E-state index contributed by atoms with van der Waals surface area (Å²) in [6.07, 6.45) is 1.54. The number of benzene rings is 1. The second-order valence-electron chi connectivity index (χ2n) is 5.80. The summed E-state index contributed by atoms with van der Waals surface area (Å²) in [7, 11) is -0.823. The number of hydrogen-bond donors (Lipinski definition) is 1. The van der Waals surface area contributed by atoms with Gasteiger partial charge in [0.2, 0.25) is 5.91 Å². The summed E-state index contributed by atoms with van der Waals surface area (Å²) in [4.78, 5) is 13.9. The molecular weight excluding hydrogens is 332 g/mol. The van der Waals surface area contributed by atoms with E-state index in [1.807, 2.05) is 25.2 Å². The number of amides is 1. The molecule has 0 aliphatic carbocycles. The van der Waals surface area contributed by atoms with Crippen molar-refractivity contribution in [2.75, 3.05) is 42.3 Å². The number of para-hydroxylation sites is 1. The van der Waals surface area contributed by atoms with Gasteiger partial charge in [-0.1, -0.05) is 18.2 Å². The Morgan fingerprint density at radius 3 is 2.74 bits per heavy atom. The molecule has 1 aliphatic heterocycles. The van der Waals surface area contributed by atoms with Crippen LogP contribution in [-0.4, -0.2) is 57.0 Å². The average Bonchev–Trinajstić information content (AvgIpc) is 2.89. The molecule has 1 aromatic carbocycles. The molecule has 1 aromatic rings. The summed E-state index contributed by atoms with van der Waals surface area (Å²) in [5, 5.41) is 2.98. The molecule has 0 radical (unpaired) electrons. The minimum atomic E-state index is -2.86. The third-order valence-corrected chi connectivity index (χ3v) is 7.11. The highest BCUT2D eigenvalue weighted by atomic mass is 32.2. The highest BCUT2D eigenvalue weighted by Gasteiger charge is 2.28. The van der Waals surface area contributed by atoms with Gasteiger partial charge in [-0.25, -0.2) is 8.42 Å². The summed E-state index contributed by atoms with van der Waals surface area (Å²) in [5.41, 5.74) is 1.16. The summed E-state index contributed by atoms with van der Waals surface area (Å²) in [5.74, 6) is 0.807. The second-order valence-corrected chi connectivity index (χ2v) is 9.31. The second kappa shape index (κ2) is 8.59. The number of anilines is 1. The molecule has 0 spiro atoms. The van der Waals surface area contributed by atoms with Crippen molar-refractivity contribution in [2.24, 2.45) is 0 Å². The lowest BCUT2D eigenvalue weighted by molar-refractivity contribution is -0.118. The van der Waals surface area contributed by atoms with E-state index < -0.39 is 9.84 Å². The Hall–Kier alpha value is -1.21. The average molecular weight is 357 g/mol. The van der Waals surface area contributed by atoms with Crippen LogP contribution in [0.4, 0.5) is 5.69 Å². The number of sulfone groups is 1. The number of carbonyl (C=O) groups is 1. The van der Waals surface area contributed by atoms with Crippen molar-refractivity contribution in [1.82, 2.24) is 5.32 Å². The first kappa shape index (κ1) is 18.1. The Kier molecular flexibility index (Phi) is 6.77. The molecule has 128 valence electrons. The van der Waals surface area contributed by atoms with E-state index in [1.54, 1.807) is 0 Å². The number of rotatable bonds is 8. The van der Waals surface area contributed by atoms with Crippen LogP contribution >= 0.6 is 11.8 Å². The monoisotopic (exact) mass is 356 g/mol. The molecule has 1 amide bonds. The van der Waals surface area contributed by atoms with E-state index in [1.165, 1.54) is 11.8 Å². The van der Waals surface area contributed by atoms with Crippen molar-refractivity contribution in [3.8, 4) is 0 Å². The fourth-order valence-electron chi connectivity index (χ4n) is 2.49. The predicted molar refractivity (Wildman–Crippen MR) is 96.9 cm³/mol. The first-order valence-corrected chi connectivity index (χ1v) is 10.7. The van der Waals surface area contributed by atoms with Crippen LogP contribution in [0.5, 0.6) is 0 Å². The summed E-state index contributed by atoms with van der Waals surface area (Å²) >= 11 is 1.45. The van der Waals surface area contributed by atoms with E-state index in [0.717, 1.165) is 18.7 Å². The topological polar surface area (TPSA) is 66.5 Å². The summed E-state index contributed by atoms with van der Waals surface area (Å²) < 4.78 is 22.7. The summed E-state index contributed by atoms with van der Waals surface area (Å²) in [6, 6.07) is 10.1. The van der Waals surface area contributed by atoms with Crippen molar-refractivity contribution < 1.29 is 13.2 Å². The van der Waals surface area contributed by atoms with Crippen LogP contribution in [0.2, 0.25) is 0 Å². The zero-order chi connectivity index (χ0) is 16.7. The van der Waals surface area contributed by atoms with Crippen molar-refractivity contribution in [3.63, 3.8) is 0 Å². The molecule has 0 aromatic heterocycles. The Morgan fingerprint density at radius 1 is 1.35 bits per heavy atom. The van der Waals surface area contributed by atoms with Gasteiger partial charge in [0, 0.05) is 31.1 Å². The van der Waals surface area contributed by atoms with E-state index in [4.69, 9.17) is 0 Å². The number of hydrogen-bond acceptors (Lipinski definition) is 5. The zero-order valence-corrected chi connectivity index (χ0v) is 15.0. The summed E-state index contributed by atoms with van der Waals surface area (Å²) in [6.45, 7) is 1.51. The van der Waals surface area contributed by atoms with Crippen LogP contribution < -0.4 is 10.2 Å². The van der Waals surface area contributed by atoms with Gasteiger partial charge in [0.15, 0.2) is 9.84 Å². The normalized spacial score (nSPS) is 19.4. The van der Waals surface area contributed by atoms with Crippen molar-refractivity contribution in [2.45, 2.75) is 18.1 Å². The molecule has 0 saturated carbocycles. The molecular formula is C16H24N2O3S2. The number of thioether (sulfide) groups is 1. The van der Waals surface area contributed by atoms with Crippen LogP contribution in [0.15, 0.2) is 30.3 Å². The van der Waals surface area contributed by atoms with Gasteiger partial charge in [-0.2, -0.15) is 0 Å². The van der Waals surface area contributed by atoms with Gasteiger partial charge in [0.1, 0.15) is 0 Å². The molecule has 7 heteroatoms. The first-order chi connectivity index (χ1) is 11.0. The Labute approximate surface area is 142 Å². The predicted octanol–water partition coefficient (Wildman–Crippen LogP) is 1.55. The van der Waals surface area contributed by atoms with Crippen LogP contribution in [0, 0.1) is 0 Å². The van der Waals surface area contributed by atoms with E-state index in [0.29, 0.717) is 18.7 Å². The molecule has 1 heterocycles. The van der Waals surface area contributed by atoms with Crippen LogP contribution in [0.1, 0.15) is 12.8 Å². The van der Waals surface area contributed by atoms with Gasteiger partial charge < -0.3 is 10.2 Å². The van der Waals surface area contributed by atoms with Crippen molar-refractivity contribution in [3.05, 3.63) is 30.3 Å². The molecule has 1 N–H and O–H groups in total. The number of nitrogens with zero attached hydrogens (tertiary/aromatic N) is 1. The number of carbonyl (C=O) groups excluding carboxylic acids is 1. The molecule has 5 nitrogen and oxygen atoms in total. The molecule has 2 rings (SSSR count). The molecule has 1 saturated heterocycles. The van der Waals surface area contributed by atoms with Gasteiger partial charge in [0.25, 0.3) is 0 Å². The van der Waals surface area contributed by atoms with E-state index in [-0.39, 0.29) is 22.7 Å². The Balaban J connectivity index is 1.56. The Morgan fingerprint density at radius 2 is 2.09 bits per heavy atom. The maximum atomic E-state index is 11.8. The smallest absolute Gasteiger partial charge is 0.230 e. The molecule has 0 bridgehead atoms. The van der Waals surface area contributed by atoms with Crippen LogP contribution in [0.3, 0.4) is 0 Å². The fraction of sp³-hybridized carbons (Fsp3) is 0.562. The van der Waals surface area contributed by atoms with E-state index in [9.17, 15) is 13.2 Å². The fourth-order valence-corrected chi connectivity index (χ4v) is 5.97. The van der Waals surface area contributed by atoms with Crippen molar-refractivity contribution in [1.29, 1.82) is 0 Å². The van der Waals surface area contributed by atoms with Crippen molar-refractivity contribution >= 4 is 33.2 Å². The number of nitrogens with one attached hydrogen (secondary N) is 1. The van der Waals surface area contributed by atoms with Crippen LogP contribution in [-0.2, 0) is 14.6 Å². The minimum Gasteiger partial charge on any atom is -0.375 e. The SMILES string of the molecule is CN(CCCNC(=O)CSC1CCS(=O)(=O)C1)c1ccccc1. The third kappa shape index (κ3) is 6.43. The molecule has 1 aliphatic rings. The van der Waals surface area contributed by atoms with Gasteiger partial charge >= 0.3 is 0 Å². The lowest BCUT2D eigenvalue weighted by Gasteiger charge is -2.19.